The Morgan fingerprint density at radius 2 is 1.36 bits per heavy atom. The molecule has 0 heterocycles. The lowest BCUT2D eigenvalue weighted by atomic mass is 10.6. The fraction of sp³-hybridized carbons (Fsp3) is 1.00. The summed E-state index contributed by atoms with van der Waals surface area (Å²) in [6, 6.07) is -5.14. The lowest BCUT2D eigenvalue weighted by molar-refractivity contribution is -0.401. The molecule has 0 saturated heterocycles. The molecule has 0 N–H and O–H groups in total. The molecule has 0 spiro atoms. The molecule has 1 nitrogen and oxygen atoms in total. The molecule has 0 amide bonds. The van der Waals surface area contributed by atoms with Crippen LogP contribution in [0.15, 0.2) is 0 Å². The fourth-order valence-electron chi connectivity index (χ4n) is 0.238. The van der Waals surface area contributed by atoms with Gasteiger partial charge in [0, 0.05) is 5.12 Å². The number of nitrogens with zero attached hydrogens (tertiary/aromatic N) is 1. The average Bonchev–Trinajstić information content (AvgIpc) is 1.84. The summed E-state index contributed by atoms with van der Waals surface area (Å²) in [7, 11) is 0. The first-order chi connectivity index (χ1) is 4.72. The highest BCUT2D eigenvalue weighted by molar-refractivity contribution is 4.61. The summed E-state index contributed by atoms with van der Waals surface area (Å²) >= 11 is 0. The van der Waals surface area contributed by atoms with Crippen molar-refractivity contribution in [2.45, 2.75) is 12.3 Å². The zero-order valence-electron chi connectivity index (χ0n) is 4.80. The van der Waals surface area contributed by atoms with E-state index >= 15 is 0 Å². The summed E-state index contributed by atoms with van der Waals surface area (Å²) in [5, 5.41) is -2.78. The van der Waals surface area contributed by atoms with E-state index in [9.17, 15) is 30.8 Å². The Balaban J connectivity index is 4.35. The maximum Gasteiger partial charge on any atom is 0.492 e. The predicted molar refractivity (Wildman–Crippen MR) is 19.9 cm³/mol. The van der Waals surface area contributed by atoms with Crippen molar-refractivity contribution >= 4 is 0 Å². The molecule has 0 aliphatic rings. The van der Waals surface area contributed by atoms with Gasteiger partial charge in [-0.2, -0.15) is 22.0 Å². The van der Waals surface area contributed by atoms with Gasteiger partial charge >= 0.3 is 12.3 Å². The van der Waals surface area contributed by atoms with Crippen molar-refractivity contribution in [1.82, 2.24) is 5.12 Å². The molecule has 0 fully saturated rings. The molecule has 68 valence electrons. The molecule has 0 unspecified atom stereocenters. The standard InChI is InChI=1S/C3H2F7N/c4-1-2(5,6)11(10)3(7,8)9/h1H2. The van der Waals surface area contributed by atoms with Crippen LogP contribution in [-0.2, 0) is 0 Å². The van der Waals surface area contributed by atoms with Crippen LogP contribution in [0, 0.1) is 0 Å². The van der Waals surface area contributed by atoms with E-state index in [0.29, 0.717) is 0 Å². The first kappa shape index (κ1) is 10.5. The largest absolute Gasteiger partial charge is 0.492 e. The molecule has 0 aliphatic heterocycles. The highest BCUT2D eigenvalue weighted by atomic mass is 19.4. The van der Waals surface area contributed by atoms with E-state index < -0.39 is 24.1 Å². The van der Waals surface area contributed by atoms with E-state index in [2.05, 4.69) is 0 Å². The number of halogens is 7. The maximum atomic E-state index is 11.5. The molecule has 0 saturated carbocycles. The van der Waals surface area contributed by atoms with Crippen molar-refractivity contribution in [3.05, 3.63) is 0 Å². The van der Waals surface area contributed by atoms with Gasteiger partial charge in [0.05, 0.1) is 0 Å². The zero-order chi connectivity index (χ0) is 9.28. The third-order valence-electron chi connectivity index (χ3n) is 0.671. The summed E-state index contributed by atoms with van der Waals surface area (Å²) in [5.74, 6) is 0. The van der Waals surface area contributed by atoms with Crippen LogP contribution in [-0.4, -0.2) is 24.1 Å². The van der Waals surface area contributed by atoms with Crippen LogP contribution < -0.4 is 0 Å². The number of hydrogen-bond donors (Lipinski definition) is 0. The van der Waals surface area contributed by atoms with Crippen molar-refractivity contribution in [1.29, 1.82) is 0 Å². The lowest BCUT2D eigenvalue weighted by Gasteiger charge is -2.21. The van der Waals surface area contributed by atoms with Crippen molar-refractivity contribution in [2.24, 2.45) is 0 Å². The van der Waals surface area contributed by atoms with Gasteiger partial charge in [-0.3, -0.25) is 0 Å². The van der Waals surface area contributed by atoms with E-state index in [1.165, 1.54) is 0 Å². The molecule has 0 aromatic carbocycles. The van der Waals surface area contributed by atoms with E-state index in [1.807, 2.05) is 0 Å². The summed E-state index contributed by atoms with van der Waals surface area (Å²) in [5.41, 5.74) is 0. The maximum absolute atomic E-state index is 11.5. The molecular weight excluding hydrogens is 183 g/mol. The fourth-order valence-corrected chi connectivity index (χ4v) is 0.238. The van der Waals surface area contributed by atoms with Gasteiger partial charge in [-0.25, -0.2) is 4.39 Å². The summed E-state index contributed by atoms with van der Waals surface area (Å²) in [6.07, 6.45) is -5.88. The van der Waals surface area contributed by atoms with Gasteiger partial charge in [0.2, 0.25) is 0 Å². The van der Waals surface area contributed by atoms with Gasteiger partial charge < -0.3 is 0 Å². The van der Waals surface area contributed by atoms with Gasteiger partial charge in [0.25, 0.3) is 0 Å². The Hall–Kier alpha value is -0.530. The van der Waals surface area contributed by atoms with Crippen molar-refractivity contribution in [3.8, 4) is 0 Å². The van der Waals surface area contributed by atoms with E-state index in [0.717, 1.165) is 0 Å². The minimum Gasteiger partial charge on any atom is -0.243 e. The van der Waals surface area contributed by atoms with Crippen molar-refractivity contribution < 1.29 is 30.8 Å². The second kappa shape index (κ2) is 2.84. The molecule has 0 aliphatic carbocycles. The monoisotopic (exact) mass is 185 g/mol. The quantitative estimate of drug-likeness (QED) is 0.362. The van der Waals surface area contributed by atoms with Crippen molar-refractivity contribution in [2.75, 3.05) is 6.67 Å². The van der Waals surface area contributed by atoms with Crippen LogP contribution in [0.5, 0.6) is 0 Å². The summed E-state index contributed by atoms with van der Waals surface area (Å²) in [6.45, 7) is -2.73. The number of rotatable bonds is 2. The third kappa shape index (κ3) is 2.52. The van der Waals surface area contributed by atoms with Gasteiger partial charge in [0.15, 0.2) is 6.67 Å². The average molecular weight is 185 g/mol. The first-order valence-corrected chi connectivity index (χ1v) is 2.18. The Morgan fingerprint density at radius 1 is 1.00 bits per heavy atom. The highest BCUT2D eigenvalue weighted by Crippen LogP contribution is 2.32. The van der Waals surface area contributed by atoms with Crippen LogP contribution in [0.1, 0.15) is 0 Å². The highest BCUT2D eigenvalue weighted by Gasteiger charge is 2.54. The van der Waals surface area contributed by atoms with Crippen LogP contribution in [0.3, 0.4) is 0 Å². The smallest absolute Gasteiger partial charge is 0.243 e. The van der Waals surface area contributed by atoms with Gasteiger partial charge in [0.1, 0.15) is 0 Å². The number of alkyl halides is 6. The van der Waals surface area contributed by atoms with E-state index in [1.54, 1.807) is 0 Å². The minimum atomic E-state index is -5.88. The van der Waals surface area contributed by atoms with E-state index in [4.69, 9.17) is 0 Å². The summed E-state index contributed by atoms with van der Waals surface area (Å²) < 4.78 is 78.5. The molecule has 0 bridgehead atoms. The first-order valence-electron chi connectivity index (χ1n) is 2.18. The molecule has 11 heavy (non-hydrogen) atoms. The Kier molecular flexibility index (Phi) is 2.70. The topological polar surface area (TPSA) is 3.24 Å². The molecule has 0 aromatic rings. The van der Waals surface area contributed by atoms with Crippen molar-refractivity contribution in [3.63, 3.8) is 0 Å². The minimum absolute atomic E-state index is 2.73. The molecule has 0 atom stereocenters. The lowest BCUT2D eigenvalue weighted by Crippen LogP contribution is -2.46. The zero-order valence-corrected chi connectivity index (χ0v) is 4.80. The molecule has 0 rings (SSSR count). The van der Waals surface area contributed by atoms with Gasteiger partial charge in [-0.1, -0.05) is 0 Å². The Bertz CT molecular complexity index is 128. The normalized spacial score (nSPS) is 14.2. The van der Waals surface area contributed by atoms with Gasteiger partial charge in [-0.05, 0) is 0 Å². The SMILES string of the molecule is FCC(F)(F)N(F)C(F)(F)F. The second-order valence-corrected chi connectivity index (χ2v) is 1.55. The number of hydrogen-bond acceptors (Lipinski definition) is 1. The van der Waals surface area contributed by atoms with Crippen LogP contribution >= 0.6 is 0 Å². The van der Waals surface area contributed by atoms with Crippen LogP contribution in [0.4, 0.5) is 30.8 Å². The Morgan fingerprint density at radius 3 is 1.45 bits per heavy atom. The molecule has 8 heteroatoms. The predicted octanol–water partition coefficient (Wildman–Crippen LogP) is 2.25. The summed E-state index contributed by atoms with van der Waals surface area (Å²) in [4.78, 5) is 0. The third-order valence-corrected chi connectivity index (χ3v) is 0.671. The van der Waals surface area contributed by atoms with Gasteiger partial charge in [-0.15, -0.1) is 4.48 Å². The van der Waals surface area contributed by atoms with E-state index in [-0.39, 0.29) is 0 Å². The molecular formula is C3H2F7N. The van der Waals surface area contributed by atoms with Crippen LogP contribution in [0.2, 0.25) is 0 Å². The Labute approximate surface area is 56.3 Å². The second-order valence-electron chi connectivity index (χ2n) is 1.55. The van der Waals surface area contributed by atoms with Crippen LogP contribution in [0.25, 0.3) is 0 Å². The molecule has 0 aromatic heterocycles. The molecule has 0 radical (unpaired) electrons.